The highest BCUT2D eigenvalue weighted by molar-refractivity contribution is 5.57. The average Bonchev–Trinajstić information content (AvgIpc) is 3.06. The van der Waals surface area contributed by atoms with Crippen LogP contribution in [-0.4, -0.2) is 11.3 Å². The van der Waals surface area contributed by atoms with Crippen LogP contribution in [0.5, 0.6) is 0 Å². The summed E-state index contributed by atoms with van der Waals surface area (Å²) in [6.45, 7) is 11.4. The molecule has 4 aliphatic rings. The maximum Gasteiger partial charge on any atom is 0.217 e. The number of nitrogens with zero attached hydrogens (tertiary/aromatic N) is 1. The van der Waals surface area contributed by atoms with Crippen LogP contribution in [0.3, 0.4) is 0 Å². The molecule has 0 aromatic carbocycles. The van der Waals surface area contributed by atoms with Crippen molar-refractivity contribution in [3.63, 3.8) is 0 Å². The molecule has 23 heavy (non-hydrogen) atoms. The van der Waals surface area contributed by atoms with Gasteiger partial charge in [0.15, 0.2) is 0 Å². The van der Waals surface area contributed by atoms with Crippen LogP contribution < -0.4 is 0 Å². The van der Waals surface area contributed by atoms with Crippen molar-refractivity contribution in [1.82, 2.24) is 4.90 Å². The molecule has 0 saturated heterocycles. The van der Waals surface area contributed by atoms with E-state index in [-0.39, 0.29) is 5.41 Å². The third kappa shape index (κ3) is 2.16. The van der Waals surface area contributed by atoms with Crippen molar-refractivity contribution >= 4 is 6.41 Å². The quantitative estimate of drug-likeness (QED) is 0.596. The first-order valence-corrected chi connectivity index (χ1v) is 9.64. The van der Waals surface area contributed by atoms with Gasteiger partial charge in [0.05, 0.1) is 0 Å². The topological polar surface area (TPSA) is 20.3 Å². The second kappa shape index (κ2) is 5.79. The first-order chi connectivity index (χ1) is 11.0. The number of hydrogen-bond donors (Lipinski definition) is 0. The van der Waals surface area contributed by atoms with Gasteiger partial charge in [-0.1, -0.05) is 46.8 Å². The van der Waals surface area contributed by atoms with Crippen molar-refractivity contribution in [1.29, 1.82) is 0 Å². The standard InChI is InChI=1S/C19H27NO.C2H6/c1-13-4-6-15-14-5-7-17-19(3,10-11-20(17)12-21)16(14)8-9-18(13,15)2;1-2/h7,10-16H,4-6,8-9H2,1-3H3;1-2H3. The Hall–Kier alpha value is -1.05. The molecule has 2 nitrogen and oxygen atoms in total. The lowest BCUT2D eigenvalue weighted by molar-refractivity contribution is -0.115. The molecule has 1 amide bonds. The number of carbonyl (C=O) groups is 1. The average molecular weight is 316 g/mol. The largest absolute Gasteiger partial charge is 0.294 e. The molecule has 0 aromatic rings. The third-order valence-electron chi connectivity index (χ3n) is 7.79. The van der Waals surface area contributed by atoms with Crippen LogP contribution in [0.25, 0.3) is 0 Å². The Morgan fingerprint density at radius 1 is 1.17 bits per heavy atom. The molecule has 6 atom stereocenters. The van der Waals surface area contributed by atoms with Crippen molar-refractivity contribution < 1.29 is 4.79 Å². The minimum absolute atomic E-state index is 0.0942. The van der Waals surface area contributed by atoms with Crippen molar-refractivity contribution in [3.05, 3.63) is 24.0 Å². The van der Waals surface area contributed by atoms with E-state index in [4.69, 9.17) is 0 Å². The molecule has 1 heterocycles. The summed E-state index contributed by atoms with van der Waals surface area (Å²) in [7, 11) is 0. The van der Waals surface area contributed by atoms with Gasteiger partial charge in [0, 0.05) is 17.3 Å². The number of carbonyl (C=O) groups excluding carboxylic acids is 1. The van der Waals surface area contributed by atoms with Gasteiger partial charge in [-0.05, 0) is 61.2 Å². The summed E-state index contributed by atoms with van der Waals surface area (Å²) >= 11 is 0. The van der Waals surface area contributed by atoms with Gasteiger partial charge in [0.2, 0.25) is 6.41 Å². The van der Waals surface area contributed by atoms with Gasteiger partial charge in [0.1, 0.15) is 0 Å². The molecule has 2 fully saturated rings. The van der Waals surface area contributed by atoms with Crippen LogP contribution in [-0.2, 0) is 4.79 Å². The van der Waals surface area contributed by atoms with Gasteiger partial charge >= 0.3 is 0 Å². The SMILES string of the molecule is CC.CC1CCC2C3CC=C4N(C=O)C=CC4(C)C3CCC12C. The van der Waals surface area contributed by atoms with Gasteiger partial charge in [-0.3, -0.25) is 9.69 Å². The summed E-state index contributed by atoms with van der Waals surface area (Å²) in [4.78, 5) is 13.1. The lowest BCUT2D eigenvalue weighted by atomic mass is 9.50. The van der Waals surface area contributed by atoms with E-state index in [9.17, 15) is 4.79 Å². The van der Waals surface area contributed by atoms with Crippen LogP contribution in [0.2, 0.25) is 0 Å². The Morgan fingerprint density at radius 2 is 1.91 bits per heavy atom. The van der Waals surface area contributed by atoms with Crippen molar-refractivity contribution in [3.8, 4) is 0 Å². The second-order valence-electron chi connectivity index (χ2n) is 8.34. The Morgan fingerprint density at radius 3 is 2.61 bits per heavy atom. The molecule has 128 valence electrons. The molecule has 0 N–H and O–H groups in total. The van der Waals surface area contributed by atoms with Crippen LogP contribution in [0.15, 0.2) is 24.0 Å². The zero-order chi connectivity index (χ0) is 16.8. The van der Waals surface area contributed by atoms with E-state index in [1.165, 1.54) is 37.8 Å². The highest BCUT2D eigenvalue weighted by Crippen LogP contribution is 2.65. The summed E-state index contributed by atoms with van der Waals surface area (Å²) in [5, 5.41) is 0. The van der Waals surface area contributed by atoms with Crippen molar-refractivity contribution in [2.75, 3.05) is 0 Å². The molecule has 3 aliphatic carbocycles. The maximum atomic E-state index is 11.3. The highest BCUT2D eigenvalue weighted by atomic mass is 16.1. The molecule has 6 unspecified atom stereocenters. The summed E-state index contributed by atoms with van der Waals surface area (Å²) in [6, 6.07) is 0. The van der Waals surface area contributed by atoms with E-state index < -0.39 is 0 Å². The smallest absolute Gasteiger partial charge is 0.217 e. The first-order valence-electron chi connectivity index (χ1n) is 9.64. The lowest BCUT2D eigenvalue weighted by Crippen LogP contribution is -2.48. The van der Waals surface area contributed by atoms with E-state index in [1.54, 1.807) is 4.90 Å². The number of hydrogen-bond acceptors (Lipinski definition) is 1. The monoisotopic (exact) mass is 315 g/mol. The van der Waals surface area contributed by atoms with E-state index in [0.717, 1.165) is 30.1 Å². The normalized spacial score (nSPS) is 47.0. The van der Waals surface area contributed by atoms with Gasteiger partial charge < -0.3 is 0 Å². The number of rotatable bonds is 1. The first kappa shape index (κ1) is 16.8. The highest BCUT2D eigenvalue weighted by Gasteiger charge is 2.57. The molecular weight excluding hydrogens is 282 g/mol. The van der Waals surface area contributed by atoms with E-state index >= 15 is 0 Å². The molecule has 0 spiro atoms. The van der Waals surface area contributed by atoms with Crippen LogP contribution in [0, 0.1) is 34.5 Å². The second-order valence-corrected chi connectivity index (χ2v) is 8.34. The van der Waals surface area contributed by atoms with Gasteiger partial charge in [0.25, 0.3) is 0 Å². The molecule has 0 bridgehead atoms. The fraction of sp³-hybridized carbons (Fsp3) is 0.762. The molecule has 2 saturated carbocycles. The lowest BCUT2D eigenvalue weighted by Gasteiger charge is -2.54. The summed E-state index contributed by atoms with van der Waals surface area (Å²) in [5.41, 5.74) is 1.90. The third-order valence-corrected chi connectivity index (χ3v) is 7.79. The Bertz CT molecular complexity index is 536. The molecule has 0 aromatic heterocycles. The Kier molecular flexibility index (Phi) is 4.23. The van der Waals surface area contributed by atoms with Gasteiger partial charge in [-0.25, -0.2) is 0 Å². The van der Waals surface area contributed by atoms with E-state index in [0.29, 0.717) is 5.41 Å². The molecular formula is C21H33NO. The maximum absolute atomic E-state index is 11.3. The van der Waals surface area contributed by atoms with E-state index in [1.807, 2.05) is 20.0 Å². The molecule has 2 heteroatoms. The van der Waals surface area contributed by atoms with E-state index in [2.05, 4.69) is 32.9 Å². The zero-order valence-corrected chi connectivity index (χ0v) is 15.5. The number of fused-ring (bicyclic) bond motifs is 5. The molecule has 0 radical (unpaired) electrons. The van der Waals surface area contributed by atoms with Crippen LogP contribution in [0.1, 0.15) is 66.7 Å². The van der Waals surface area contributed by atoms with Crippen LogP contribution in [0.4, 0.5) is 0 Å². The minimum Gasteiger partial charge on any atom is -0.294 e. The van der Waals surface area contributed by atoms with Gasteiger partial charge in [-0.15, -0.1) is 0 Å². The van der Waals surface area contributed by atoms with Crippen molar-refractivity contribution in [2.45, 2.75) is 66.7 Å². The van der Waals surface area contributed by atoms with Gasteiger partial charge in [-0.2, -0.15) is 0 Å². The van der Waals surface area contributed by atoms with Crippen molar-refractivity contribution in [2.24, 2.45) is 34.5 Å². The number of allylic oxidation sites excluding steroid dienone is 2. The molecule has 1 aliphatic heterocycles. The fourth-order valence-electron chi connectivity index (χ4n) is 6.28. The summed E-state index contributed by atoms with van der Waals surface area (Å²) in [5.74, 6) is 3.31. The Balaban J connectivity index is 0.000000753. The minimum atomic E-state index is 0.0942. The van der Waals surface area contributed by atoms with Crippen LogP contribution >= 0.6 is 0 Å². The fourth-order valence-corrected chi connectivity index (χ4v) is 6.28. The Labute approximate surface area is 142 Å². The summed E-state index contributed by atoms with van der Waals surface area (Å²) < 4.78 is 0. The predicted molar refractivity (Wildman–Crippen MR) is 95.4 cm³/mol. The zero-order valence-electron chi connectivity index (χ0n) is 15.5. The summed E-state index contributed by atoms with van der Waals surface area (Å²) in [6.07, 6.45) is 14.3. The number of amides is 1. The molecule has 4 rings (SSSR count). The predicted octanol–water partition coefficient (Wildman–Crippen LogP) is 5.37.